The molecular weight excluding hydrogens is 470 g/mol. The highest BCUT2D eigenvalue weighted by molar-refractivity contribution is 5.97. The van der Waals surface area contributed by atoms with Crippen LogP contribution < -0.4 is 15.8 Å². The molecule has 3 aromatic rings. The first-order valence-corrected chi connectivity index (χ1v) is 10.6. The second kappa shape index (κ2) is 8.22. The highest BCUT2D eigenvalue weighted by Crippen LogP contribution is 2.55. The Labute approximate surface area is 197 Å². The van der Waals surface area contributed by atoms with E-state index in [0.717, 1.165) is 16.8 Å². The van der Waals surface area contributed by atoms with Gasteiger partial charge in [0.1, 0.15) is 0 Å². The van der Waals surface area contributed by atoms with Gasteiger partial charge in [0, 0.05) is 5.56 Å². The molecule has 12 heteroatoms. The van der Waals surface area contributed by atoms with Gasteiger partial charge in [0.15, 0.2) is 28.7 Å². The van der Waals surface area contributed by atoms with E-state index in [1.807, 2.05) is 0 Å². The number of nitrogens with one attached hydrogen (secondary N) is 1. The molecule has 1 aliphatic rings. The number of para-hydroxylation sites is 1. The van der Waals surface area contributed by atoms with Crippen molar-refractivity contribution in [1.29, 1.82) is 0 Å². The lowest BCUT2D eigenvalue weighted by atomic mass is 9.63. The van der Waals surface area contributed by atoms with Crippen LogP contribution in [0.1, 0.15) is 47.9 Å². The summed E-state index contributed by atoms with van der Waals surface area (Å²) in [6, 6.07) is 8.47. The monoisotopic (exact) mass is 493 g/mol. The van der Waals surface area contributed by atoms with Crippen molar-refractivity contribution in [3.8, 4) is 11.4 Å². The van der Waals surface area contributed by atoms with Crippen LogP contribution in [-0.4, -0.2) is 44.9 Å². The Bertz CT molecular complexity index is 1280. The number of alkyl halides is 3. The number of benzene rings is 2. The maximum Gasteiger partial charge on any atom is 0.419 e. The summed E-state index contributed by atoms with van der Waals surface area (Å²) in [6.07, 6.45) is -6.01. The fourth-order valence-corrected chi connectivity index (χ4v) is 4.70. The van der Waals surface area contributed by atoms with E-state index < -0.39 is 47.1 Å². The summed E-state index contributed by atoms with van der Waals surface area (Å²) in [7, 11) is 1.19. The van der Waals surface area contributed by atoms with Crippen molar-refractivity contribution in [2.24, 2.45) is 0 Å². The molecule has 4 rings (SSSR count). The van der Waals surface area contributed by atoms with Crippen LogP contribution in [0.15, 0.2) is 42.5 Å². The van der Waals surface area contributed by atoms with Crippen molar-refractivity contribution >= 4 is 11.7 Å². The van der Waals surface area contributed by atoms with E-state index in [0.29, 0.717) is 5.69 Å². The Kier molecular flexibility index (Phi) is 5.75. The van der Waals surface area contributed by atoms with Crippen LogP contribution >= 0.6 is 0 Å². The maximum absolute atomic E-state index is 14.5. The molecule has 8 nitrogen and oxygen atoms in total. The zero-order valence-electron chi connectivity index (χ0n) is 19.0. The van der Waals surface area contributed by atoms with Gasteiger partial charge in [-0.3, -0.25) is 4.79 Å². The molecule has 1 heterocycles. The van der Waals surface area contributed by atoms with E-state index in [1.54, 1.807) is 30.3 Å². The fraction of sp³-hybridized carbons (Fsp3) is 0.348. The lowest BCUT2D eigenvalue weighted by Gasteiger charge is -2.48. The molecule has 0 saturated carbocycles. The average molecular weight is 493 g/mol. The van der Waals surface area contributed by atoms with Gasteiger partial charge in [0.25, 0.3) is 5.91 Å². The minimum Gasteiger partial charge on any atom is -0.493 e. The first-order chi connectivity index (χ1) is 16.3. The normalized spacial score (nSPS) is 21.3. The summed E-state index contributed by atoms with van der Waals surface area (Å²) < 4.78 is 63.6. The van der Waals surface area contributed by atoms with Crippen LogP contribution in [0.3, 0.4) is 0 Å². The quantitative estimate of drug-likeness (QED) is 0.480. The van der Waals surface area contributed by atoms with Gasteiger partial charge in [-0.15, -0.1) is 5.10 Å². The number of anilines is 1. The minimum atomic E-state index is -5.14. The van der Waals surface area contributed by atoms with Crippen molar-refractivity contribution in [1.82, 2.24) is 20.3 Å². The summed E-state index contributed by atoms with van der Waals surface area (Å²) >= 11 is 0. The minimum absolute atomic E-state index is 0.111. The number of nitrogens with two attached hydrogens (primary N) is 1. The Morgan fingerprint density at radius 3 is 2.49 bits per heavy atom. The summed E-state index contributed by atoms with van der Waals surface area (Å²) in [5, 5.41) is 20.8. The Morgan fingerprint density at radius 1 is 1.23 bits per heavy atom. The van der Waals surface area contributed by atoms with Crippen molar-refractivity contribution in [3.63, 3.8) is 0 Å². The van der Waals surface area contributed by atoms with Gasteiger partial charge in [-0.05, 0) is 35.6 Å². The molecule has 2 atom stereocenters. The molecule has 0 aliphatic heterocycles. The standard InChI is InChI=1S/C23H23F4N5O3/c1-21(2)11-22(34,23(25,26)27)18(13-9-10-14(24)17(35-3)15(13)21)29-20(33)16-19(28)32(31-30-16)12-7-5-4-6-8-12/h4-10,18,34H,11,28H2,1-3H3,(H,29,33)/t18-,22+/m0/s1. The summed E-state index contributed by atoms with van der Waals surface area (Å²) in [5.74, 6) is -2.34. The molecular formula is C23H23F4N5O3. The third kappa shape index (κ3) is 3.87. The molecule has 0 bridgehead atoms. The molecule has 1 aliphatic carbocycles. The molecule has 0 spiro atoms. The number of fused-ring (bicyclic) bond motifs is 1. The zero-order chi connectivity index (χ0) is 25.8. The number of nitrogen functional groups attached to an aromatic ring is 1. The van der Waals surface area contributed by atoms with Crippen LogP contribution in [0, 0.1) is 5.82 Å². The summed E-state index contributed by atoms with van der Waals surface area (Å²) in [6.45, 7) is 2.87. The van der Waals surface area contributed by atoms with Gasteiger partial charge >= 0.3 is 6.18 Å². The number of aliphatic hydroxyl groups is 1. The van der Waals surface area contributed by atoms with Crippen molar-refractivity contribution in [2.75, 3.05) is 12.8 Å². The third-order valence-corrected chi connectivity index (χ3v) is 6.21. The largest absolute Gasteiger partial charge is 0.493 e. The van der Waals surface area contributed by atoms with E-state index in [-0.39, 0.29) is 22.7 Å². The lowest BCUT2D eigenvalue weighted by molar-refractivity contribution is -0.280. The van der Waals surface area contributed by atoms with Crippen molar-refractivity contribution < 1.29 is 32.2 Å². The van der Waals surface area contributed by atoms with Gasteiger partial charge < -0.3 is 20.9 Å². The van der Waals surface area contributed by atoms with Gasteiger partial charge in [0.05, 0.1) is 18.8 Å². The smallest absolute Gasteiger partial charge is 0.419 e. The third-order valence-electron chi connectivity index (χ3n) is 6.21. The van der Waals surface area contributed by atoms with E-state index in [2.05, 4.69) is 15.6 Å². The number of carbonyl (C=O) groups is 1. The number of hydrogen-bond donors (Lipinski definition) is 3. The van der Waals surface area contributed by atoms with Crippen LogP contribution in [0.4, 0.5) is 23.4 Å². The number of hydrogen-bond acceptors (Lipinski definition) is 6. The van der Waals surface area contributed by atoms with Crippen LogP contribution in [0.25, 0.3) is 5.69 Å². The molecule has 35 heavy (non-hydrogen) atoms. The molecule has 1 amide bonds. The highest BCUT2D eigenvalue weighted by atomic mass is 19.4. The molecule has 0 saturated heterocycles. The number of carbonyl (C=O) groups excluding carboxylic acids is 1. The fourth-order valence-electron chi connectivity index (χ4n) is 4.70. The topological polar surface area (TPSA) is 115 Å². The van der Waals surface area contributed by atoms with E-state index in [4.69, 9.17) is 10.5 Å². The number of methoxy groups -OCH3 is 1. The van der Waals surface area contributed by atoms with E-state index >= 15 is 0 Å². The Hall–Kier alpha value is -3.67. The SMILES string of the molecule is COc1c(F)ccc2c1C(C)(C)C[C@](O)(C(F)(F)F)[C@H]2NC(=O)c1nnn(-c2ccccc2)c1N. The lowest BCUT2D eigenvalue weighted by Crippen LogP contribution is -2.61. The predicted octanol–water partition coefficient (Wildman–Crippen LogP) is 3.44. The zero-order valence-corrected chi connectivity index (χ0v) is 19.0. The van der Waals surface area contributed by atoms with Crippen LogP contribution in [-0.2, 0) is 5.41 Å². The van der Waals surface area contributed by atoms with E-state index in [1.165, 1.54) is 21.0 Å². The van der Waals surface area contributed by atoms with Crippen LogP contribution in [0.2, 0.25) is 0 Å². The molecule has 1 aromatic heterocycles. The molecule has 0 radical (unpaired) electrons. The summed E-state index contributed by atoms with van der Waals surface area (Å²) in [5.41, 5.74) is 1.30. The number of nitrogens with zero attached hydrogens (tertiary/aromatic N) is 3. The molecule has 0 fully saturated rings. The van der Waals surface area contributed by atoms with Crippen molar-refractivity contribution in [3.05, 3.63) is 65.1 Å². The Morgan fingerprint density at radius 2 is 1.89 bits per heavy atom. The van der Waals surface area contributed by atoms with Crippen LogP contribution in [0.5, 0.6) is 5.75 Å². The first-order valence-electron chi connectivity index (χ1n) is 10.6. The molecule has 4 N–H and O–H groups in total. The van der Waals surface area contributed by atoms with Gasteiger partial charge in [-0.2, -0.15) is 17.9 Å². The van der Waals surface area contributed by atoms with Crippen molar-refractivity contribution in [2.45, 2.75) is 43.5 Å². The second-order valence-electron chi connectivity index (χ2n) is 9.00. The molecule has 0 unspecified atom stereocenters. The number of halogens is 4. The molecule has 2 aromatic carbocycles. The number of ether oxygens (including phenoxy) is 1. The number of rotatable bonds is 4. The molecule has 186 valence electrons. The highest BCUT2D eigenvalue weighted by Gasteiger charge is 2.64. The average Bonchev–Trinajstić information content (AvgIpc) is 3.17. The maximum atomic E-state index is 14.5. The Balaban J connectivity index is 1.82. The van der Waals surface area contributed by atoms with Gasteiger partial charge in [0.2, 0.25) is 0 Å². The predicted molar refractivity (Wildman–Crippen MR) is 118 cm³/mol. The van der Waals surface area contributed by atoms with E-state index in [9.17, 15) is 27.5 Å². The number of aromatic nitrogens is 3. The second-order valence-corrected chi connectivity index (χ2v) is 9.00. The van der Waals surface area contributed by atoms with Gasteiger partial charge in [-0.25, -0.2) is 4.39 Å². The first kappa shape index (κ1) is 24.5. The number of amides is 1. The van der Waals surface area contributed by atoms with Gasteiger partial charge in [-0.1, -0.05) is 43.3 Å². The summed E-state index contributed by atoms with van der Waals surface area (Å²) in [4.78, 5) is 13.1.